The number of carbonyl (C=O) groups excluding carboxylic acids is 1. The number of rotatable bonds is 4. The van der Waals surface area contributed by atoms with E-state index in [0.717, 1.165) is 11.1 Å². The number of sulfonamides is 1. The fraction of sp³-hybridized carbons (Fsp3) is 0.125. The van der Waals surface area contributed by atoms with E-state index < -0.39 is 15.9 Å². The number of pyridine rings is 1. The zero-order valence-corrected chi connectivity index (χ0v) is 13.0. The highest BCUT2D eigenvalue weighted by molar-refractivity contribution is 7.93. The van der Waals surface area contributed by atoms with E-state index in [0.29, 0.717) is 12.8 Å². The maximum absolute atomic E-state index is 12.3. The van der Waals surface area contributed by atoms with Crippen molar-refractivity contribution in [2.75, 3.05) is 0 Å². The molecule has 1 aromatic heterocycles. The molecule has 2 aromatic rings. The molecule has 0 aliphatic heterocycles. The Hall–Kier alpha value is -2.51. The number of hydrogen-bond acceptors (Lipinski definition) is 4. The molecule has 118 valence electrons. The van der Waals surface area contributed by atoms with Gasteiger partial charge in [0.25, 0.3) is 15.9 Å². The highest BCUT2D eigenvalue weighted by Gasteiger charge is 2.22. The van der Waals surface area contributed by atoms with Crippen LogP contribution in [0.5, 0.6) is 0 Å². The first-order chi connectivity index (χ1) is 11.1. The average molecular weight is 329 g/mol. The summed E-state index contributed by atoms with van der Waals surface area (Å²) in [6.07, 6.45) is 4.14. The van der Waals surface area contributed by atoms with E-state index in [1.807, 2.05) is 24.3 Å². The molecule has 7 heteroatoms. The number of fused-ring (bicyclic) bond motifs is 1. The molecule has 0 radical (unpaired) electrons. The zero-order valence-electron chi connectivity index (χ0n) is 12.2. The molecule has 0 saturated heterocycles. The van der Waals surface area contributed by atoms with Crippen LogP contribution in [0.4, 0.5) is 0 Å². The van der Waals surface area contributed by atoms with Crippen LogP contribution in [0.25, 0.3) is 6.08 Å². The first kappa shape index (κ1) is 15.4. The summed E-state index contributed by atoms with van der Waals surface area (Å²) in [6, 6.07) is 12.5. The van der Waals surface area contributed by atoms with Gasteiger partial charge in [0.15, 0.2) is 0 Å². The summed E-state index contributed by atoms with van der Waals surface area (Å²) in [7, 11) is -3.78. The van der Waals surface area contributed by atoms with Crippen molar-refractivity contribution in [3.05, 3.63) is 70.4 Å². The van der Waals surface area contributed by atoms with Gasteiger partial charge in [-0.05, 0) is 42.2 Å². The molecule has 0 spiro atoms. The van der Waals surface area contributed by atoms with Gasteiger partial charge < -0.3 is 0 Å². The molecule has 23 heavy (non-hydrogen) atoms. The van der Waals surface area contributed by atoms with Crippen LogP contribution in [0.3, 0.4) is 0 Å². The van der Waals surface area contributed by atoms with Crippen LogP contribution in [0.15, 0.2) is 53.6 Å². The van der Waals surface area contributed by atoms with Crippen molar-refractivity contribution in [1.82, 2.24) is 15.2 Å². The molecule has 0 atom stereocenters. The number of allylic oxidation sites excluding steroid dienone is 1. The molecule has 0 bridgehead atoms. The first-order valence-electron chi connectivity index (χ1n) is 7.08. The Morgan fingerprint density at radius 2 is 1.83 bits per heavy atom. The fourth-order valence-corrected chi connectivity index (χ4v) is 3.37. The lowest BCUT2D eigenvalue weighted by molar-refractivity contribution is 0.0940. The zero-order chi connectivity index (χ0) is 16.3. The lowest BCUT2D eigenvalue weighted by Crippen LogP contribution is -2.42. The van der Waals surface area contributed by atoms with Gasteiger partial charge in [-0.25, -0.2) is 8.42 Å². The van der Waals surface area contributed by atoms with Gasteiger partial charge in [-0.1, -0.05) is 30.3 Å². The third kappa shape index (κ3) is 3.46. The quantitative estimate of drug-likeness (QED) is 0.835. The SMILES string of the molecule is O=C(NNS(=O)(=O)C1=Cc2ccccc2CC1)c1ccccn1. The largest absolute Gasteiger partial charge is 0.284 e. The van der Waals surface area contributed by atoms with Crippen LogP contribution in [-0.4, -0.2) is 19.3 Å². The monoisotopic (exact) mass is 329 g/mol. The fourth-order valence-electron chi connectivity index (χ4n) is 2.36. The summed E-state index contributed by atoms with van der Waals surface area (Å²) in [5.74, 6) is -0.606. The summed E-state index contributed by atoms with van der Waals surface area (Å²) in [6.45, 7) is 0. The van der Waals surface area contributed by atoms with E-state index in [1.165, 1.54) is 12.3 Å². The molecule has 3 rings (SSSR count). The normalized spacial score (nSPS) is 13.8. The summed E-state index contributed by atoms with van der Waals surface area (Å²) in [5.41, 5.74) is 4.32. The van der Waals surface area contributed by atoms with Crippen molar-refractivity contribution >= 4 is 22.0 Å². The van der Waals surface area contributed by atoms with Crippen molar-refractivity contribution in [3.8, 4) is 0 Å². The van der Waals surface area contributed by atoms with Gasteiger partial charge >= 0.3 is 0 Å². The number of amides is 1. The van der Waals surface area contributed by atoms with Gasteiger partial charge in [0, 0.05) is 6.20 Å². The number of hydrazine groups is 1. The molecule has 0 saturated carbocycles. The van der Waals surface area contributed by atoms with Crippen molar-refractivity contribution < 1.29 is 13.2 Å². The third-order valence-corrected chi connectivity index (χ3v) is 4.94. The lowest BCUT2D eigenvalue weighted by atomic mass is 9.98. The molecule has 0 unspecified atom stereocenters. The van der Waals surface area contributed by atoms with E-state index in [9.17, 15) is 13.2 Å². The van der Waals surface area contributed by atoms with Gasteiger partial charge in [0.1, 0.15) is 5.69 Å². The average Bonchev–Trinajstić information content (AvgIpc) is 2.60. The third-order valence-electron chi connectivity index (χ3n) is 3.55. The van der Waals surface area contributed by atoms with Gasteiger partial charge in [0.2, 0.25) is 0 Å². The molecular weight excluding hydrogens is 314 g/mol. The Bertz CT molecular complexity index is 861. The lowest BCUT2D eigenvalue weighted by Gasteiger charge is -2.17. The second kappa shape index (κ2) is 6.31. The van der Waals surface area contributed by atoms with Crippen molar-refractivity contribution in [2.24, 2.45) is 0 Å². The van der Waals surface area contributed by atoms with E-state index in [1.54, 1.807) is 18.2 Å². The smallest absolute Gasteiger partial charge is 0.272 e. The Morgan fingerprint density at radius 1 is 1.04 bits per heavy atom. The van der Waals surface area contributed by atoms with Crippen LogP contribution < -0.4 is 10.3 Å². The van der Waals surface area contributed by atoms with Crippen LogP contribution >= 0.6 is 0 Å². The molecule has 1 heterocycles. The van der Waals surface area contributed by atoms with Crippen LogP contribution in [0.2, 0.25) is 0 Å². The van der Waals surface area contributed by atoms with E-state index in [-0.39, 0.29) is 10.6 Å². The molecule has 0 fully saturated rings. The maximum atomic E-state index is 12.3. The van der Waals surface area contributed by atoms with Gasteiger partial charge in [-0.3, -0.25) is 15.2 Å². The summed E-state index contributed by atoms with van der Waals surface area (Å²) in [5, 5.41) is 0. The minimum absolute atomic E-state index is 0.137. The first-order valence-corrected chi connectivity index (χ1v) is 8.56. The van der Waals surface area contributed by atoms with Crippen molar-refractivity contribution in [3.63, 3.8) is 0 Å². The number of benzene rings is 1. The minimum atomic E-state index is -3.78. The van der Waals surface area contributed by atoms with Crippen LogP contribution in [0, 0.1) is 0 Å². The second-order valence-corrected chi connectivity index (χ2v) is 6.82. The minimum Gasteiger partial charge on any atom is -0.272 e. The number of hydrogen-bond donors (Lipinski definition) is 2. The molecule has 1 aliphatic carbocycles. The predicted octanol–water partition coefficient (Wildman–Crippen LogP) is 1.63. The Balaban J connectivity index is 1.73. The highest BCUT2D eigenvalue weighted by Crippen LogP contribution is 2.26. The Kier molecular flexibility index (Phi) is 4.22. The topological polar surface area (TPSA) is 88.2 Å². The molecular formula is C16H15N3O3S. The van der Waals surface area contributed by atoms with Gasteiger partial charge in [0.05, 0.1) is 4.91 Å². The van der Waals surface area contributed by atoms with Crippen molar-refractivity contribution in [2.45, 2.75) is 12.8 Å². The molecule has 1 amide bonds. The van der Waals surface area contributed by atoms with Crippen LogP contribution in [-0.2, 0) is 16.4 Å². The van der Waals surface area contributed by atoms with E-state index in [2.05, 4.69) is 15.2 Å². The molecule has 1 aromatic carbocycles. The van der Waals surface area contributed by atoms with Crippen molar-refractivity contribution in [1.29, 1.82) is 0 Å². The maximum Gasteiger partial charge on any atom is 0.284 e. The van der Waals surface area contributed by atoms with Crippen LogP contribution in [0.1, 0.15) is 28.0 Å². The number of nitrogens with zero attached hydrogens (tertiary/aromatic N) is 1. The number of carbonyl (C=O) groups is 1. The highest BCUT2D eigenvalue weighted by atomic mass is 32.2. The summed E-state index contributed by atoms with van der Waals surface area (Å²) >= 11 is 0. The summed E-state index contributed by atoms with van der Waals surface area (Å²) < 4.78 is 24.6. The summed E-state index contributed by atoms with van der Waals surface area (Å²) in [4.78, 5) is 18.1. The molecule has 2 N–H and O–H groups in total. The second-order valence-electron chi connectivity index (χ2n) is 5.08. The van der Waals surface area contributed by atoms with Gasteiger partial charge in [-0.15, -0.1) is 4.83 Å². The Labute approximate surface area is 134 Å². The number of nitrogens with one attached hydrogen (secondary N) is 2. The van der Waals surface area contributed by atoms with E-state index >= 15 is 0 Å². The number of aromatic nitrogens is 1. The van der Waals surface area contributed by atoms with E-state index in [4.69, 9.17) is 0 Å². The standard InChI is InChI=1S/C16H15N3O3S/c20-16(15-7-3-4-10-17-15)18-19-23(21,22)14-9-8-12-5-1-2-6-13(12)11-14/h1-7,10-11,19H,8-9H2,(H,18,20). The molecule has 1 aliphatic rings. The molecule has 6 nitrogen and oxygen atoms in total. The number of aryl methyl sites for hydroxylation is 1. The predicted molar refractivity (Wildman–Crippen MR) is 86.5 cm³/mol. The Morgan fingerprint density at radius 3 is 2.61 bits per heavy atom. The van der Waals surface area contributed by atoms with Gasteiger partial charge in [-0.2, -0.15) is 0 Å².